The minimum absolute atomic E-state index is 0.530. The molecule has 0 aliphatic rings. The van der Waals surface area contributed by atoms with E-state index in [0.717, 1.165) is 11.5 Å². The van der Waals surface area contributed by atoms with Gasteiger partial charge in [0.2, 0.25) is 5.88 Å². The summed E-state index contributed by atoms with van der Waals surface area (Å²) >= 11 is 0.850. The van der Waals surface area contributed by atoms with Crippen molar-refractivity contribution in [3.8, 4) is 5.88 Å². The summed E-state index contributed by atoms with van der Waals surface area (Å²) in [5.41, 5.74) is 0. The Morgan fingerprint density at radius 1 is 1.60 bits per heavy atom. The maximum atomic E-state index is 11.3. The molecule has 10 heavy (non-hydrogen) atoms. The number of hydrogen-bond donors (Lipinski definition) is 0. The van der Waals surface area contributed by atoms with Crippen molar-refractivity contribution in [3.63, 3.8) is 0 Å². The van der Waals surface area contributed by atoms with Crippen LogP contribution in [0.25, 0.3) is 0 Å². The maximum absolute atomic E-state index is 11.3. The van der Waals surface area contributed by atoms with E-state index in [2.05, 4.69) is 15.2 Å². The highest BCUT2D eigenvalue weighted by Gasteiger charge is 2.31. The third kappa shape index (κ3) is 2.22. The summed E-state index contributed by atoms with van der Waals surface area (Å²) in [6.07, 6.45) is -4.66. The van der Waals surface area contributed by atoms with Gasteiger partial charge in [-0.05, 0) is 11.5 Å². The van der Waals surface area contributed by atoms with E-state index in [0.29, 0.717) is 0 Å². The quantitative estimate of drug-likeness (QED) is 0.638. The van der Waals surface area contributed by atoms with Crippen LogP contribution in [0.4, 0.5) is 13.2 Å². The van der Waals surface area contributed by atoms with Gasteiger partial charge in [-0.1, -0.05) is 0 Å². The predicted molar refractivity (Wildman–Crippen MR) is 27.6 cm³/mol. The molecule has 0 aliphatic carbocycles. The van der Waals surface area contributed by atoms with Gasteiger partial charge in [0.1, 0.15) is 0 Å². The normalized spacial score (nSPS) is 11.5. The molecular formula is C4HF3NOS. The molecule has 1 rings (SSSR count). The Morgan fingerprint density at radius 3 is 2.70 bits per heavy atom. The molecule has 0 atom stereocenters. The summed E-state index contributed by atoms with van der Waals surface area (Å²) in [6, 6.07) is 2.16. The second-order valence-electron chi connectivity index (χ2n) is 1.31. The van der Waals surface area contributed by atoms with Crippen LogP contribution in [0.15, 0.2) is 5.38 Å². The molecule has 0 N–H and O–H groups in total. The molecule has 1 heterocycles. The van der Waals surface area contributed by atoms with Crippen molar-refractivity contribution in [1.29, 1.82) is 0 Å². The second kappa shape index (κ2) is 2.45. The van der Waals surface area contributed by atoms with Gasteiger partial charge in [0, 0.05) is 5.38 Å². The van der Waals surface area contributed by atoms with Gasteiger partial charge < -0.3 is 4.74 Å². The standard InChI is InChI=1S/C4HF3NOS/c5-4(6,7)9-3-1-2-10-8-3/h2H. The van der Waals surface area contributed by atoms with Crippen molar-refractivity contribution < 1.29 is 17.9 Å². The Balaban J connectivity index is 2.57. The zero-order chi connectivity index (χ0) is 7.61. The third-order valence-electron chi connectivity index (χ3n) is 0.583. The van der Waals surface area contributed by atoms with Crippen LogP contribution in [-0.2, 0) is 0 Å². The SMILES string of the molecule is FC(F)(F)Oc1[c]csn1. The zero-order valence-electron chi connectivity index (χ0n) is 4.47. The van der Waals surface area contributed by atoms with Crippen LogP contribution in [0.3, 0.4) is 0 Å². The number of rotatable bonds is 1. The van der Waals surface area contributed by atoms with Crippen molar-refractivity contribution >= 4 is 11.5 Å². The molecule has 0 unspecified atom stereocenters. The second-order valence-corrected chi connectivity index (χ2v) is 1.94. The Bertz CT molecular complexity index is 195. The van der Waals surface area contributed by atoms with Crippen molar-refractivity contribution in [2.75, 3.05) is 0 Å². The molecule has 0 aromatic carbocycles. The summed E-state index contributed by atoms with van der Waals surface area (Å²) in [5, 5.41) is 1.28. The fraction of sp³-hybridized carbons (Fsp3) is 0.250. The Kier molecular flexibility index (Phi) is 1.80. The lowest BCUT2D eigenvalue weighted by Crippen LogP contribution is -2.17. The summed E-state index contributed by atoms with van der Waals surface area (Å²) in [6.45, 7) is 0. The number of ether oxygens (including phenoxy) is 1. The first-order valence-electron chi connectivity index (χ1n) is 2.16. The molecule has 0 bridgehead atoms. The van der Waals surface area contributed by atoms with Gasteiger partial charge in [0.05, 0.1) is 6.07 Å². The van der Waals surface area contributed by atoms with Crippen LogP contribution < -0.4 is 4.74 Å². The topological polar surface area (TPSA) is 22.1 Å². The van der Waals surface area contributed by atoms with Crippen LogP contribution in [0, 0.1) is 6.07 Å². The summed E-state index contributed by atoms with van der Waals surface area (Å²) < 4.78 is 40.7. The first-order chi connectivity index (χ1) is 4.58. The molecule has 55 valence electrons. The van der Waals surface area contributed by atoms with E-state index in [-0.39, 0.29) is 0 Å². The van der Waals surface area contributed by atoms with Crippen molar-refractivity contribution in [2.45, 2.75) is 6.36 Å². The number of aromatic nitrogens is 1. The molecule has 6 heteroatoms. The summed E-state index contributed by atoms with van der Waals surface area (Å²) in [7, 11) is 0. The lowest BCUT2D eigenvalue weighted by molar-refractivity contribution is -0.276. The summed E-state index contributed by atoms with van der Waals surface area (Å²) in [4.78, 5) is 0. The molecular weight excluding hydrogens is 167 g/mol. The van der Waals surface area contributed by atoms with E-state index in [1.807, 2.05) is 0 Å². The molecule has 1 aromatic rings. The van der Waals surface area contributed by atoms with Gasteiger partial charge in [0.25, 0.3) is 0 Å². The third-order valence-corrected chi connectivity index (χ3v) is 1.08. The van der Waals surface area contributed by atoms with Crippen LogP contribution in [0.1, 0.15) is 0 Å². The maximum Gasteiger partial charge on any atom is 0.574 e. The van der Waals surface area contributed by atoms with Crippen molar-refractivity contribution in [2.24, 2.45) is 0 Å². The summed E-state index contributed by atoms with van der Waals surface area (Å²) in [5.74, 6) is -0.530. The monoisotopic (exact) mass is 168 g/mol. The van der Waals surface area contributed by atoms with Crippen LogP contribution in [0.5, 0.6) is 5.88 Å². The van der Waals surface area contributed by atoms with E-state index in [1.54, 1.807) is 0 Å². The average molecular weight is 168 g/mol. The minimum atomic E-state index is -4.66. The lowest BCUT2D eigenvalue weighted by atomic mass is 10.7. The van der Waals surface area contributed by atoms with Crippen molar-refractivity contribution in [1.82, 2.24) is 4.37 Å². The molecule has 0 saturated heterocycles. The zero-order valence-corrected chi connectivity index (χ0v) is 5.29. The molecule has 2 nitrogen and oxygen atoms in total. The average Bonchev–Trinajstić information content (AvgIpc) is 2.12. The highest BCUT2D eigenvalue weighted by atomic mass is 32.1. The first kappa shape index (κ1) is 7.33. The van der Waals surface area contributed by atoms with Crippen LogP contribution in [0.2, 0.25) is 0 Å². The Labute approximate surface area is 58.4 Å². The van der Waals surface area contributed by atoms with E-state index < -0.39 is 12.2 Å². The van der Waals surface area contributed by atoms with Gasteiger partial charge in [0.15, 0.2) is 0 Å². The van der Waals surface area contributed by atoms with E-state index >= 15 is 0 Å². The van der Waals surface area contributed by atoms with Gasteiger partial charge in [-0.25, -0.2) is 0 Å². The molecule has 0 spiro atoms. The number of alkyl halides is 3. The first-order valence-corrected chi connectivity index (χ1v) is 2.99. The van der Waals surface area contributed by atoms with Crippen LogP contribution >= 0.6 is 11.5 Å². The van der Waals surface area contributed by atoms with E-state index in [4.69, 9.17) is 0 Å². The van der Waals surface area contributed by atoms with Gasteiger partial charge in [-0.15, -0.1) is 13.2 Å². The predicted octanol–water partition coefficient (Wildman–Crippen LogP) is 1.84. The molecule has 0 aliphatic heterocycles. The number of halogens is 3. The van der Waals surface area contributed by atoms with Crippen molar-refractivity contribution in [3.05, 3.63) is 11.4 Å². The Hall–Kier alpha value is -0.780. The Morgan fingerprint density at radius 2 is 2.30 bits per heavy atom. The fourth-order valence-electron chi connectivity index (χ4n) is 0.335. The van der Waals surface area contributed by atoms with Gasteiger partial charge >= 0.3 is 6.36 Å². The number of nitrogens with zero attached hydrogens (tertiary/aromatic N) is 1. The smallest absolute Gasteiger partial charge is 0.386 e. The molecule has 0 fully saturated rings. The van der Waals surface area contributed by atoms with Crippen LogP contribution in [-0.4, -0.2) is 10.7 Å². The lowest BCUT2D eigenvalue weighted by Gasteiger charge is -2.03. The largest absolute Gasteiger partial charge is 0.574 e. The van der Waals surface area contributed by atoms with E-state index in [9.17, 15) is 13.2 Å². The molecule has 1 aromatic heterocycles. The molecule has 0 amide bonds. The highest BCUT2D eigenvalue weighted by molar-refractivity contribution is 7.03. The van der Waals surface area contributed by atoms with Gasteiger partial charge in [-0.3, -0.25) is 0 Å². The molecule has 0 saturated carbocycles. The van der Waals surface area contributed by atoms with Gasteiger partial charge in [-0.2, -0.15) is 4.37 Å². The number of hydrogen-bond acceptors (Lipinski definition) is 3. The molecule has 1 radical (unpaired) electrons. The highest BCUT2D eigenvalue weighted by Crippen LogP contribution is 2.20. The van der Waals surface area contributed by atoms with E-state index in [1.165, 1.54) is 5.38 Å². The minimum Gasteiger partial charge on any atom is -0.386 e. The fourth-order valence-corrected chi connectivity index (χ4v) is 0.727.